The largest absolute Gasteiger partial charge is 0.504 e. The second-order valence-electron chi connectivity index (χ2n) is 4.26. The highest BCUT2D eigenvalue weighted by molar-refractivity contribution is 5.85. The molecule has 0 heterocycles. The van der Waals surface area contributed by atoms with Crippen molar-refractivity contribution in [1.29, 1.82) is 0 Å². The molecule has 0 aliphatic rings. The number of hydrogen-bond donors (Lipinski definition) is 2. The third kappa shape index (κ3) is 4.10. The van der Waals surface area contributed by atoms with Gasteiger partial charge in [0, 0.05) is 12.1 Å². The van der Waals surface area contributed by atoms with E-state index in [0.717, 1.165) is 17.7 Å². The summed E-state index contributed by atoms with van der Waals surface area (Å²) >= 11 is 0. The Kier molecular flexibility index (Phi) is 7.00. The number of ether oxygens (including phenoxy) is 1. The molecule has 17 heavy (non-hydrogen) atoms. The molecule has 0 radical (unpaired) electrons. The molecule has 1 aromatic rings. The van der Waals surface area contributed by atoms with Crippen molar-refractivity contribution in [3.63, 3.8) is 0 Å². The van der Waals surface area contributed by atoms with E-state index in [4.69, 9.17) is 4.74 Å². The smallest absolute Gasteiger partial charge is 0.164 e. The predicted molar refractivity (Wildman–Crippen MR) is 73.6 cm³/mol. The van der Waals surface area contributed by atoms with E-state index in [2.05, 4.69) is 19.2 Å². The quantitative estimate of drug-likeness (QED) is 0.799. The van der Waals surface area contributed by atoms with Crippen LogP contribution in [0.15, 0.2) is 12.1 Å². The van der Waals surface area contributed by atoms with E-state index >= 15 is 0 Å². The summed E-state index contributed by atoms with van der Waals surface area (Å²) in [6.45, 7) is 7.40. The Morgan fingerprint density at radius 1 is 1.35 bits per heavy atom. The van der Waals surface area contributed by atoms with E-state index in [1.165, 1.54) is 0 Å². The molecule has 0 saturated heterocycles. The van der Waals surface area contributed by atoms with Gasteiger partial charge in [-0.25, -0.2) is 0 Å². The number of hydrogen-bond acceptors (Lipinski definition) is 3. The molecule has 0 fully saturated rings. The molecule has 0 bridgehead atoms. The molecule has 3 nitrogen and oxygen atoms in total. The summed E-state index contributed by atoms with van der Waals surface area (Å²) in [6, 6.07) is 3.95. The fraction of sp³-hybridized carbons (Fsp3) is 0.538. The molecule has 0 aromatic heterocycles. The lowest BCUT2D eigenvalue weighted by atomic mass is 10.00. The fourth-order valence-corrected chi connectivity index (χ4v) is 1.55. The van der Waals surface area contributed by atoms with Crippen LogP contribution >= 0.6 is 12.4 Å². The molecule has 1 rings (SSSR count). The number of phenolic OH excluding ortho intramolecular Hbond substituents is 1. The number of aromatic hydroxyl groups is 1. The zero-order valence-corrected chi connectivity index (χ0v) is 11.7. The van der Waals surface area contributed by atoms with Crippen molar-refractivity contribution in [3.8, 4) is 11.5 Å². The Morgan fingerprint density at radius 3 is 2.53 bits per heavy atom. The van der Waals surface area contributed by atoms with Crippen LogP contribution in [0.1, 0.15) is 30.9 Å². The molecule has 1 aromatic carbocycles. The summed E-state index contributed by atoms with van der Waals surface area (Å²) in [5.74, 6) is 1.24. The number of rotatable bonds is 5. The number of benzene rings is 1. The first-order valence-corrected chi connectivity index (χ1v) is 5.67. The summed E-state index contributed by atoms with van der Waals surface area (Å²) in [7, 11) is 1.88. The van der Waals surface area contributed by atoms with Crippen LogP contribution in [0, 0.1) is 6.92 Å². The lowest BCUT2D eigenvalue weighted by Crippen LogP contribution is -2.16. The van der Waals surface area contributed by atoms with E-state index in [-0.39, 0.29) is 18.2 Å². The molecule has 4 heteroatoms. The van der Waals surface area contributed by atoms with Gasteiger partial charge >= 0.3 is 0 Å². The summed E-state index contributed by atoms with van der Waals surface area (Å²) in [5.41, 5.74) is 1.91. The van der Waals surface area contributed by atoms with Crippen LogP contribution < -0.4 is 10.1 Å². The van der Waals surface area contributed by atoms with Gasteiger partial charge in [0.15, 0.2) is 11.5 Å². The third-order valence-electron chi connectivity index (χ3n) is 2.58. The van der Waals surface area contributed by atoms with E-state index < -0.39 is 0 Å². The zero-order chi connectivity index (χ0) is 12.1. The summed E-state index contributed by atoms with van der Waals surface area (Å²) < 4.78 is 5.64. The number of nitrogens with one attached hydrogen (secondary N) is 1. The fourth-order valence-electron chi connectivity index (χ4n) is 1.55. The van der Waals surface area contributed by atoms with E-state index in [1.54, 1.807) is 0 Å². The van der Waals surface area contributed by atoms with Gasteiger partial charge in [-0.3, -0.25) is 0 Å². The number of aryl methyl sites for hydroxylation is 1. The van der Waals surface area contributed by atoms with Gasteiger partial charge in [0.25, 0.3) is 0 Å². The number of halogens is 1. The Balaban J connectivity index is 0.00000256. The lowest BCUT2D eigenvalue weighted by Gasteiger charge is -2.16. The van der Waals surface area contributed by atoms with Gasteiger partial charge in [-0.15, -0.1) is 12.4 Å². The van der Waals surface area contributed by atoms with Gasteiger partial charge < -0.3 is 15.2 Å². The van der Waals surface area contributed by atoms with Crippen molar-refractivity contribution in [3.05, 3.63) is 23.3 Å². The van der Waals surface area contributed by atoms with Gasteiger partial charge in [-0.2, -0.15) is 0 Å². The average Bonchev–Trinajstić information content (AvgIpc) is 2.24. The minimum absolute atomic E-state index is 0. The third-order valence-corrected chi connectivity index (χ3v) is 2.58. The minimum atomic E-state index is 0. The van der Waals surface area contributed by atoms with Crippen molar-refractivity contribution in [1.82, 2.24) is 5.32 Å². The topological polar surface area (TPSA) is 41.5 Å². The first-order valence-electron chi connectivity index (χ1n) is 5.67. The zero-order valence-electron chi connectivity index (χ0n) is 10.9. The molecule has 2 N–H and O–H groups in total. The van der Waals surface area contributed by atoms with Crippen LogP contribution in [0.3, 0.4) is 0 Å². The van der Waals surface area contributed by atoms with Crippen LogP contribution in [0.5, 0.6) is 11.5 Å². The molecule has 0 amide bonds. The minimum Gasteiger partial charge on any atom is -0.504 e. The van der Waals surface area contributed by atoms with E-state index in [0.29, 0.717) is 18.3 Å². The number of phenols is 1. The highest BCUT2D eigenvalue weighted by atomic mass is 35.5. The van der Waals surface area contributed by atoms with Gasteiger partial charge in [-0.1, -0.05) is 26.0 Å². The summed E-state index contributed by atoms with van der Waals surface area (Å²) in [4.78, 5) is 0. The monoisotopic (exact) mass is 259 g/mol. The van der Waals surface area contributed by atoms with Crippen molar-refractivity contribution < 1.29 is 9.84 Å². The highest BCUT2D eigenvalue weighted by Gasteiger charge is 2.14. The molecule has 0 aliphatic heterocycles. The van der Waals surface area contributed by atoms with Crippen LogP contribution in [0.4, 0.5) is 0 Å². The molecule has 98 valence electrons. The standard InChI is InChI=1S/C13H21NO2.ClH/c1-9(2)11-6-5-10(3)12(15)13(11)16-8-7-14-4;/h5-6,9,14-15H,7-8H2,1-4H3;1H. The molecule has 0 aliphatic carbocycles. The Morgan fingerprint density at radius 2 is 2.00 bits per heavy atom. The van der Waals surface area contributed by atoms with E-state index in [1.807, 2.05) is 26.1 Å². The average molecular weight is 260 g/mol. The Hall–Kier alpha value is -0.930. The van der Waals surface area contributed by atoms with Gasteiger partial charge in [0.2, 0.25) is 0 Å². The van der Waals surface area contributed by atoms with Crippen LogP contribution in [-0.4, -0.2) is 25.3 Å². The summed E-state index contributed by atoms with van der Waals surface area (Å²) in [5, 5.41) is 13.0. The van der Waals surface area contributed by atoms with Crippen LogP contribution in [0.25, 0.3) is 0 Å². The second kappa shape index (κ2) is 7.41. The molecular weight excluding hydrogens is 238 g/mol. The van der Waals surface area contributed by atoms with Crippen LogP contribution in [-0.2, 0) is 0 Å². The maximum atomic E-state index is 9.98. The van der Waals surface area contributed by atoms with Crippen molar-refractivity contribution >= 4 is 12.4 Å². The first kappa shape index (κ1) is 16.1. The number of likely N-dealkylation sites (N-methyl/N-ethyl adjacent to an activating group) is 1. The van der Waals surface area contributed by atoms with Crippen molar-refractivity contribution in [2.24, 2.45) is 0 Å². The molecule has 0 unspecified atom stereocenters. The summed E-state index contributed by atoms with van der Waals surface area (Å²) in [6.07, 6.45) is 0. The van der Waals surface area contributed by atoms with Gasteiger partial charge in [-0.05, 0) is 25.5 Å². The molecule has 0 spiro atoms. The Labute approximate surface area is 110 Å². The van der Waals surface area contributed by atoms with E-state index in [9.17, 15) is 5.11 Å². The SMILES string of the molecule is CNCCOc1c(C(C)C)ccc(C)c1O.Cl. The maximum absolute atomic E-state index is 9.98. The lowest BCUT2D eigenvalue weighted by molar-refractivity contribution is 0.295. The van der Waals surface area contributed by atoms with Gasteiger partial charge in [0.05, 0.1) is 0 Å². The maximum Gasteiger partial charge on any atom is 0.164 e. The predicted octanol–water partition coefficient (Wildman–Crippen LogP) is 2.84. The van der Waals surface area contributed by atoms with Crippen molar-refractivity contribution in [2.75, 3.05) is 20.2 Å². The first-order chi connectivity index (χ1) is 7.57. The molecular formula is C13H22ClNO2. The molecule has 0 atom stereocenters. The Bertz CT molecular complexity index is 354. The normalized spacial score (nSPS) is 10.2. The molecule has 0 saturated carbocycles. The van der Waals surface area contributed by atoms with Gasteiger partial charge in [0.1, 0.15) is 6.61 Å². The second-order valence-corrected chi connectivity index (χ2v) is 4.26. The van der Waals surface area contributed by atoms with Crippen molar-refractivity contribution in [2.45, 2.75) is 26.7 Å². The van der Waals surface area contributed by atoms with Crippen LogP contribution in [0.2, 0.25) is 0 Å². The highest BCUT2D eigenvalue weighted by Crippen LogP contribution is 2.37.